The third-order valence-electron chi connectivity index (χ3n) is 3.39. The topological polar surface area (TPSA) is 59.1 Å². The molecule has 0 aliphatic rings. The van der Waals surface area contributed by atoms with Crippen LogP contribution in [0.25, 0.3) is 0 Å². The van der Waals surface area contributed by atoms with Crippen LogP contribution in [-0.4, -0.2) is 5.84 Å². The van der Waals surface area contributed by atoms with Crippen molar-refractivity contribution < 1.29 is 4.74 Å². The van der Waals surface area contributed by atoms with E-state index in [9.17, 15) is 0 Å². The van der Waals surface area contributed by atoms with Crippen molar-refractivity contribution >= 4 is 18.2 Å². The quantitative estimate of drug-likeness (QED) is 0.653. The van der Waals surface area contributed by atoms with Crippen LogP contribution >= 0.6 is 12.4 Å². The van der Waals surface area contributed by atoms with Crippen LogP contribution in [0, 0.1) is 5.41 Å². The van der Waals surface area contributed by atoms with E-state index in [0.29, 0.717) is 6.61 Å². The third-order valence-corrected chi connectivity index (χ3v) is 3.39. The smallest absolute Gasteiger partial charge is 0.122 e. The summed E-state index contributed by atoms with van der Waals surface area (Å²) in [5.74, 6) is 0.943. The van der Waals surface area contributed by atoms with E-state index in [0.717, 1.165) is 16.9 Å². The van der Waals surface area contributed by atoms with E-state index in [-0.39, 0.29) is 23.7 Å². The van der Waals surface area contributed by atoms with E-state index in [1.165, 1.54) is 5.56 Å². The van der Waals surface area contributed by atoms with Gasteiger partial charge in [0.15, 0.2) is 0 Å². The van der Waals surface area contributed by atoms with Gasteiger partial charge in [0.1, 0.15) is 18.2 Å². The molecule has 0 heterocycles. The molecule has 0 saturated carbocycles. The van der Waals surface area contributed by atoms with E-state index in [2.05, 4.69) is 32.9 Å². The van der Waals surface area contributed by atoms with Gasteiger partial charge in [-0.1, -0.05) is 57.2 Å². The molecule has 3 N–H and O–H groups in total. The van der Waals surface area contributed by atoms with Crippen LogP contribution < -0.4 is 10.5 Å². The average molecular weight is 319 g/mol. The summed E-state index contributed by atoms with van der Waals surface area (Å²) in [6.45, 7) is 7.09. The molecule has 4 heteroatoms. The van der Waals surface area contributed by atoms with Gasteiger partial charge in [-0.05, 0) is 28.7 Å². The molecule has 0 aliphatic heterocycles. The van der Waals surface area contributed by atoms with Crippen molar-refractivity contribution in [2.75, 3.05) is 0 Å². The van der Waals surface area contributed by atoms with Gasteiger partial charge in [0.2, 0.25) is 0 Å². The number of nitrogen functional groups attached to an aromatic ring is 1. The van der Waals surface area contributed by atoms with Gasteiger partial charge < -0.3 is 10.5 Å². The zero-order chi connectivity index (χ0) is 15.5. The van der Waals surface area contributed by atoms with Gasteiger partial charge in [-0.25, -0.2) is 0 Å². The summed E-state index contributed by atoms with van der Waals surface area (Å²) >= 11 is 0. The Balaban J connectivity index is 0.00000242. The fraction of sp³-hybridized carbons (Fsp3) is 0.278. The van der Waals surface area contributed by atoms with Gasteiger partial charge in [0.25, 0.3) is 0 Å². The molecular weight excluding hydrogens is 296 g/mol. The molecule has 3 nitrogen and oxygen atoms in total. The second-order valence-electron chi connectivity index (χ2n) is 6.17. The maximum Gasteiger partial charge on any atom is 0.122 e. The number of benzene rings is 2. The van der Waals surface area contributed by atoms with Crippen molar-refractivity contribution in [3.8, 4) is 5.75 Å². The highest BCUT2D eigenvalue weighted by Crippen LogP contribution is 2.24. The minimum atomic E-state index is 0. The van der Waals surface area contributed by atoms with Gasteiger partial charge >= 0.3 is 0 Å². The normalized spacial score (nSPS) is 10.7. The monoisotopic (exact) mass is 318 g/mol. The standard InChI is InChI=1S/C18H22N2O.ClH/c1-18(2,3)15-8-10-16(11-9-15)21-12-13-4-6-14(7-5-13)17(19)20;/h4-11H,12H2,1-3H3,(H3,19,20);1H. The maximum absolute atomic E-state index is 7.36. The minimum absolute atomic E-state index is 0. The van der Waals surface area contributed by atoms with Crippen molar-refractivity contribution in [1.29, 1.82) is 5.41 Å². The second kappa shape index (κ2) is 7.32. The highest BCUT2D eigenvalue weighted by molar-refractivity contribution is 5.94. The predicted molar refractivity (Wildman–Crippen MR) is 94.2 cm³/mol. The molecule has 118 valence electrons. The van der Waals surface area contributed by atoms with Gasteiger partial charge in [0, 0.05) is 5.56 Å². The molecule has 2 rings (SSSR count). The lowest BCUT2D eigenvalue weighted by atomic mass is 9.87. The summed E-state index contributed by atoms with van der Waals surface area (Å²) in [5, 5.41) is 7.36. The average Bonchev–Trinajstić information content (AvgIpc) is 2.45. The Kier molecular flexibility index (Phi) is 6.01. The van der Waals surface area contributed by atoms with Crippen molar-refractivity contribution in [1.82, 2.24) is 0 Å². The third kappa shape index (κ3) is 4.78. The van der Waals surface area contributed by atoms with Crippen molar-refractivity contribution in [2.24, 2.45) is 5.73 Å². The summed E-state index contributed by atoms with van der Waals surface area (Å²) in [6, 6.07) is 15.8. The van der Waals surface area contributed by atoms with E-state index in [1.807, 2.05) is 36.4 Å². The van der Waals surface area contributed by atoms with E-state index in [1.54, 1.807) is 0 Å². The molecule has 0 saturated heterocycles. The molecule has 2 aromatic rings. The highest BCUT2D eigenvalue weighted by Gasteiger charge is 2.12. The Morgan fingerprint density at radius 3 is 2.00 bits per heavy atom. The lowest BCUT2D eigenvalue weighted by molar-refractivity contribution is 0.306. The molecule has 22 heavy (non-hydrogen) atoms. The number of nitrogens with one attached hydrogen (secondary N) is 1. The minimum Gasteiger partial charge on any atom is -0.489 e. The first-order valence-electron chi connectivity index (χ1n) is 7.03. The largest absolute Gasteiger partial charge is 0.489 e. The van der Waals surface area contributed by atoms with Crippen LogP contribution in [0.2, 0.25) is 0 Å². The summed E-state index contributed by atoms with van der Waals surface area (Å²) in [6.07, 6.45) is 0. The number of halogens is 1. The molecule has 0 fully saturated rings. The van der Waals surface area contributed by atoms with Crippen LogP contribution in [0.1, 0.15) is 37.5 Å². The lowest BCUT2D eigenvalue weighted by Gasteiger charge is -2.19. The first-order valence-corrected chi connectivity index (χ1v) is 7.03. The molecule has 0 bridgehead atoms. The van der Waals surface area contributed by atoms with Crippen LogP contribution in [-0.2, 0) is 12.0 Å². The fourth-order valence-electron chi connectivity index (χ4n) is 2.00. The lowest BCUT2D eigenvalue weighted by Crippen LogP contribution is -2.11. The molecule has 2 aromatic carbocycles. The number of ether oxygens (including phenoxy) is 1. The summed E-state index contributed by atoms with van der Waals surface area (Å²) < 4.78 is 5.78. The number of amidine groups is 1. The van der Waals surface area contributed by atoms with Crippen molar-refractivity contribution in [3.05, 3.63) is 65.2 Å². The number of rotatable bonds is 4. The Morgan fingerprint density at radius 1 is 1.00 bits per heavy atom. The molecule has 0 amide bonds. The van der Waals surface area contributed by atoms with Gasteiger partial charge in [-0.15, -0.1) is 12.4 Å². The molecule has 0 atom stereocenters. The van der Waals surface area contributed by atoms with E-state index >= 15 is 0 Å². The van der Waals surface area contributed by atoms with Crippen LogP contribution in [0.15, 0.2) is 48.5 Å². The highest BCUT2D eigenvalue weighted by atomic mass is 35.5. The summed E-state index contributed by atoms with van der Waals surface area (Å²) in [5.41, 5.74) is 8.66. The van der Waals surface area contributed by atoms with Gasteiger partial charge in [-0.2, -0.15) is 0 Å². The Morgan fingerprint density at radius 2 is 1.55 bits per heavy atom. The molecule has 0 radical (unpaired) electrons. The first kappa shape index (κ1) is 18.1. The zero-order valence-electron chi connectivity index (χ0n) is 13.2. The fourth-order valence-corrected chi connectivity index (χ4v) is 2.00. The Bertz CT molecular complexity index is 613. The molecule has 0 aliphatic carbocycles. The van der Waals surface area contributed by atoms with Crippen molar-refractivity contribution in [2.45, 2.75) is 32.8 Å². The SMILES string of the molecule is CC(C)(C)c1ccc(OCc2ccc(C(=N)N)cc2)cc1.Cl. The first-order chi connectivity index (χ1) is 9.86. The molecular formula is C18H23ClN2O. The van der Waals surface area contributed by atoms with E-state index in [4.69, 9.17) is 15.9 Å². The molecule has 0 aromatic heterocycles. The van der Waals surface area contributed by atoms with Gasteiger partial charge in [0.05, 0.1) is 0 Å². The second-order valence-corrected chi connectivity index (χ2v) is 6.17. The number of hydrogen-bond donors (Lipinski definition) is 2. The van der Waals surface area contributed by atoms with Crippen LogP contribution in [0.3, 0.4) is 0 Å². The van der Waals surface area contributed by atoms with Crippen LogP contribution in [0.5, 0.6) is 5.75 Å². The number of nitrogens with two attached hydrogens (primary N) is 1. The van der Waals surface area contributed by atoms with Crippen LogP contribution in [0.4, 0.5) is 0 Å². The molecule has 0 unspecified atom stereocenters. The van der Waals surface area contributed by atoms with Crippen molar-refractivity contribution in [3.63, 3.8) is 0 Å². The zero-order valence-corrected chi connectivity index (χ0v) is 14.0. The summed E-state index contributed by atoms with van der Waals surface area (Å²) in [7, 11) is 0. The Labute approximate surface area is 138 Å². The Hall–Kier alpha value is -2.00. The summed E-state index contributed by atoms with van der Waals surface area (Å²) in [4.78, 5) is 0. The van der Waals surface area contributed by atoms with Gasteiger partial charge in [-0.3, -0.25) is 5.41 Å². The number of hydrogen-bond acceptors (Lipinski definition) is 2. The van der Waals surface area contributed by atoms with E-state index < -0.39 is 0 Å². The maximum atomic E-state index is 7.36. The predicted octanol–water partition coefficient (Wildman–Crippen LogP) is 4.27. The molecule has 0 spiro atoms.